The van der Waals surface area contributed by atoms with Gasteiger partial charge in [0.2, 0.25) is 0 Å². The number of unbranched alkanes of at least 4 members (excludes halogenated alkanes) is 14. The normalized spacial score (nSPS) is 12.7. The van der Waals surface area contributed by atoms with Crippen LogP contribution in [0.5, 0.6) is 0 Å². The molecule has 1 rings (SSSR count). The van der Waals surface area contributed by atoms with E-state index in [4.69, 9.17) is 4.74 Å². The first-order valence-electron chi connectivity index (χ1n) is 19.9. The Labute approximate surface area is 282 Å². The molecule has 1 aromatic heterocycles. The molecule has 5 nitrogen and oxygen atoms in total. The summed E-state index contributed by atoms with van der Waals surface area (Å²) < 4.78 is 8.65. The van der Waals surface area contributed by atoms with Crippen molar-refractivity contribution in [3.63, 3.8) is 0 Å². The Balaban J connectivity index is 2.58. The number of aromatic nitrogens is 3. The third-order valence-corrected chi connectivity index (χ3v) is 9.70. The first kappa shape index (κ1) is 42.1. The molecule has 0 aliphatic rings. The van der Waals surface area contributed by atoms with Gasteiger partial charge in [-0.05, 0) is 65.7 Å². The maximum atomic E-state index is 6.53. The number of ether oxygens (including phenoxy) is 1. The number of nitrogens with zero attached hydrogens (tertiary/aromatic N) is 3. The molecule has 0 aliphatic heterocycles. The minimum atomic E-state index is -0.255. The van der Waals surface area contributed by atoms with Crippen molar-refractivity contribution in [2.24, 2.45) is 5.92 Å². The molecule has 1 aromatic rings. The predicted molar refractivity (Wildman–Crippen MR) is 197 cm³/mol. The van der Waals surface area contributed by atoms with E-state index in [1.54, 1.807) is 0 Å². The Bertz CT molecular complexity index is 763. The zero-order chi connectivity index (χ0) is 33.2. The third kappa shape index (κ3) is 23.1. The van der Waals surface area contributed by atoms with E-state index in [0.29, 0.717) is 12.0 Å². The molecule has 0 saturated heterocycles. The summed E-state index contributed by atoms with van der Waals surface area (Å²) in [4.78, 5) is 0. The van der Waals surface area contributed by atoms with E-state index in [9.17, 15) is 0 Å². The van der Waals surface area contributed by atoms with Crippen LogP contribution in [-0.4, -0.2) is 38.8 Å². The van der Waals surface area contributed by atoms with Crippen LogP contribution in [0.1, 0.15) is 209 Å². The van der Waals surface area contributed by atoms with Gasteiger partial charge in [0.05, 0.1) is 11.3 Å². The van der Waals surface area contributed by atoms with Crippen LogP contribution in [0.3, 0.4) is 0 Å². The molecule has 0 unspecified atom stereocenters. The van der Waals surface area contributed by atoms with Crippen LogP contribution in [-0.2, 0) is 17.7 Å². The molecular formula is C40H80N4O. The molecule has 0 bridgehead atoms. The zero-order valence-corrected chi connectivity index (χ0v) is 31.9. The third-order valence-electron chi connectivity index (χ3n) is 9.70. The van der Waals surface area contributed by atoms with Gasteiger partial charge in [0.1, 0.15) is 0 Å². The number of rotatable bonds is 32. The molecule has 0 fully saturated rings. The molecule has 0 atom stereocenters. The highest BCUT2D eigenvalue weighted by Gasteiger charge is 2.26. The number of hydrogen-bond acceptors (Lipinski definition) is 4. The summed E-state index contributed by atoms with van der Waals surface area (Å²) in [5.74, 6) is 0.712. The van der Waals surface area contributed by atoms with Gasteiger partial charge in [0, 0.05) is 37.4 Å². The Hall–Kier alpha value is -0.940. The van der Waals surface area contributed by atoms with Crippen LogP contribution >= 0.6 is 0 Å². The van der Waals surface area contributed by atoms with E-state index >= 15 is 0 Å². The minimum Gasteiger partial charge on any atom is -0.375 e. The molecule has 0 saturated carbocycles. The smallest absolute Gasteiger partial charge is 0.0855 e. The summed E-state index contributed by atoms with van der Waals surface area (Å²) in [6, 6.07) is 0.619. The van der Waals surface area contributed by atoms with Gasteiger partial charge in [-0.15, -0.1) is 5.10 Å². The summed E-state index contributed by atoms with van der Waals surface area (Å²) in [6.45, 7) is 20.1. The number of hydrogen-bond donors (Lipinski definition) is 1. The van der Waals surface area contributed by atoms with Crippen LogP contribution in [0.25, 0.3) is 0 Å². The predicted octanol–water partition coefficient (Wildman–Crippen LogP) is 12.0. The second kappa shape index (κ2) is 26.1. The molecule has 0 amide bonds. The lowest BCUT2D eigenvalue weighted by Crippen LogP contribution is -2.47. The van der Waals surface area contributed by atoms with Crippen LogP contribution in [0, 0.1) is 5.92 Å². The minimum absolute atomic E-state index is 0.0694. The van der Waals surface area contributed by atoms with Crippen LogP contribution in [0.2, 0.25) is 0 Å². The van der Waals surface area contributed by atoms with Gasteiger partial charge in [-0.2, -0.15) is 0 Å². The first-order valence-corrected chi connectivity index (χ1v) is 19.9. The molecular weight excluding hydrogens is 552 g/mol. The quantitative estimate of drug-likeness (QED) is 0.0803. The van der Waals surface area contributed by atoms with Crippen molar-refractivity contribution >= 4 is 0 Å². The van der Waals surface area contributed by atoms with Gasteiger partial charge < -0.3 is 10.1 Å². The maximum Gasteiger partial charge on any atom is 0.0855 e. The lowest BCUT2D eigenvalue weighted by molar-refractivity contribution is -0.0260. The Morgan fingerprint density at radius 2 is 1.13 bits per heavy atom. The van der Waals surface area contributed by atoms with Crippen molar-refractivity contribution in [2.45, 2.75) is 233 Å². The summed E-state index contributed by atoms with van der Waals surface area (Å²) in [7, 11) is 0. The molecule has 266 valence electrons. The van der Waals surface area contributed by atoms with Crippen LogP contribution in [0.15, 0.2) is 6.20 Å². The maximum absolute atomic E-state index is 6.53. The average Bonchev–Trinajstić information content (AvgIpc) is 3.42. The topological polar surface area (TPSA) is 52.0 Å². The largest absolute Gasteiger partial charge is 0.375 e. The van der Waals surface area contributed by atoms with E-state index in [2.05, 4.69) is 81.9 Å². The monoisotopic (exact) mass is 633 g/mol. The molecule has 1 N–H and O–H groups in total. The van der Waals surface area contributed by atoms with Crippen molar-refractivity contribution in [3.8, 4) is 0 Å². The lowest BCUT2D eigenvalue weighted by Gasteiger charge is -2.34. The fourth-order valence-electron chi connectivity index (χ4n) is 6.79. The van der Waals surface area contributed by atoms with E-state index in [0.717, 1.165) is 31.7 Å². The summed E-state index contributed by atoms with van der Waals surface area (Å²) in [6.07, 6.45) is 33.6. The average molecular weight is 633 g/mol. The Morgan fingerprint density at radius 3 is 1.64 bits per heavy atom. The molecule has 45 heavy (non-hydrogen) atoms. The van der Waals surface area contributed by atoms with E-state index in [-0.39, 0.29) is 11.1 Å². The van der Waals surface area contributed by atoms with Crippen molar-refractivity contribution < 1.29 is 4.74 Å². The van der Waals surface area contributed by atoms with Gasteiger partial charge in [-0.1, -0.05) is 148 Å². The second-order valence-corrected chi connectivity index (χ2v) is 15.7. The molecule has 1 heterocycles. The van der Waals surface area contributed by atoms with E-state index in [1.165, 1.54) is 141 Å². The van der Waals surface area contributed by atoms with Gasteiger partial charge >= 0.3 is 0 Å². The highest BCUT2D eigenvalue weighted by Crippen LogP contribution is 2.23. The van der Waals surface area contributed by atoms with E-state index in [1.807, 2.05) is 0 Å². The SMILES string of the molecule is CCCCCCCC(CCCCCCC)NC(C)(C)CCOC(C)(C)Cc1cn(CC(CCCCCC)CCCCCC)nn1. The summed E-state index contributed by atoms with van der Waals surface area (Å²) >= 11 is 0. The standard InChI is InChI=1S/C40H80N4O/c1-9-13-17-21-25-29-37(30-26-22-18-14-10-2)41-39(5,6)31-32-45-40(7,8)33-38-35-44(43-42-38)34-36(27-23-19-15-11-3)28-24-20-16-12-4/h35-37,41H,9-34H2,1-8H3. The molecule has 0 aliphatic carbocycles. The first-order chi connectivity index (χ1) is 21.6. The zero-order valence-electron chi connectivity index (χ0n) is 31.9. The Morgan fingerprint density at radius 1 is 0.667 bits per heavy atom. The fraction of sp³-hybridized carbons (Fsp3) is 0.950. The van der Waals surface area contributed by atoms with E-state index < -0.39 is 0 Å². The molecule has 0 aromatic carbocycles. The highest BCUT2D eigenvalue weighted by atomic mass is 16.5. The van der Waals surface area contributed by atoms with Gasteiger partial charge in [0.25, 0.3) is 0 Å². The van der Waals surface area contributed by atoms with Crippen LogP contribution in [0.4, 0.5) is 0 Å². The van der Waals surface area contributed by atoms with Crippen molar-refractivity contribution in [3.05, 3.63) is 11.9 Å². The molecule has 5 heteroatoms. The number of nitrogens with one attached hydrogen (secondary N) is 1. The van der Waals surface area contributed by atoms with Crippen molar-refractivity contribution in [1.82, 2.24) is 20.3 Å². The summed E-state index contributed by atoms with van der Waals surface area (Å²) in [5, 5.41) is 13.2. The fourth-order valence-corrected chi connectivity index (χ4v) is 6.79. The molecule has 0 spiro atoms. The van der Waals surface area contributed by atoms with Gasteiger partial charge in [-0.3, -0.25) is 4.68 Å². The van der Waals surface area contributed by atoms with Gasteiger partial charge in [0.15, 0.2) is 0 Å². The van der Waals surface area contributed by atoms with Crippen molar-refractivity contribution in [2.75, 3.05) is 6.61 Å². The van der Waals surface area contributed by atoms with Gasteiger partial charge in [-0.25, -0.2) is 0 Å². The lowest BCUT2D eigenvalue weighted by atomic mass is 9.94. The van der Waals surface area contributed by atoms with Crippen molar-refractivity contribution in [1.29, 1.82) is 0 Å². The highest BCUT2D eigenvalue weighted by molar-refractivity contribution is 4.98. The summed E-state index contributed by atoms with van der Waals surface area (Å²) in [5.41, 5.74) is 0.869. The second-order valence-electron chi connectivity index (χ2n) is 15.7. The molecule has 0 radical (unpaired) electrons. The van der Waals surface area contributed by atoms with Crippen LogP contribution < -0.4 is 5.32 Å². The Kier molecular flexibility index (Phi) is 24.4.